The fourth-order valence-corrected chi connectivity index (χ4v) is 2.25. The number of aromatic nitrogens is 1. The molecule has 1 aromatic rings. The minimum absolute atomic E-state index is 0.305. The smallest absolute Gasteiger partial charge is 0.146 e. The molecule has 1 aliphatic rings. The Balaban J connectivity index is 2.18. The van der Waals surface area contributed by atoms with E-state index in [9.17, 15) is 0 Å². The van der Waals surface area contributed by atoms with Crippen LogP contribution in [0.2, 0.25) is 5.15 Å². The van der Waals surface area contributed by atoms with Gasteiger partial charge in [-0.25, -0.2) is 4.98 Å². The van der Waals surface area contributed by atoms with Crippen LogP contribution in [0.15, 0.2) is 12.3 Å². The zero-order chi connectivity index (χ0) is 11.5. The first-order valence-electron chi connectivity index (χ1n) is 5.45. The number of nitriles is 1. The van der Waals surface area contributed by atoms with E-state index in [0.717, 1.165) is 31.5 Å². The largest absolute Gasteiger partial charge is 0.306 e. The van der Waals surface area contributed by atoms with E-state index in [1.54, 1.807) is 6.20 Å². The maximum atomic E-state index is 8.90. The predicted molar refractivity (Wildman–Crippen MR) is 63.4 cm³/mol. The Hall–Kier alpha value is -1.11. The van der Waals surface area contributed by atoms with Crippen LogP contribution in [-0.2, 0) is 0 Å². The molecule has 84 valence electrons. The van der Waals surface area contributed by atoms with Crippen LogP contribution in [0.25, 0.3) is 0 Å². The third kappa shape index (κ3) is 2.34. The van der Waals surface area contributed by atoms with Crippen LogP contribution < -0.4 is 0 Å². The monoisotopic (exact) mass is 235 g/mol. The highest BCUT2D eigenvalue weighted by Gasteiger charge is 2.19. The lowest BCUT2D eigenvalue weighted by atomic mass is 9.90. The zero-order valence-corrected chi connectivity index (χ0v) is 10.0. The number of hydrogen-bond acceptors (Lipinski definition) is 3. The van der Waals surface area contributed by atoms with Gasteiger partial charge in [0, 0.05) is 6.20 Å². The molecule has 1 aromatic heterocycles. The number of likely N-dealkylation sites (tertiary alicyclic amines) is 1. The van der Waals surface area contributed by atoms with Crippen LogP contribution >= 0.6 is 11.6 Å². The number of pyridine rings is 1. The third-order valence-electron chi connectivity index (χ3n) is 3.17. The molecule has 0 bridgehead atoms. The van der Waals surface area contributed by atoms with Gasteiger partial charge in [0.2, 0.25) is 0 Å². The van der Waals surface area contributed by atoms with Gasteiger partial charge in [0.1, 0.15) is 11.2 Å². The standard InChI is InChI=1S/C12H14ClN3/c1-16-4-2-9(3-5-16)11-6-10(7-14)12(13)15-8-11/h6,8-9H,2-5H2,1H3. The molecule has 0 N–H and O–H groups in total. The molecule has 0 unspecified atom stereocenters. The van der Waals surface area contributed by atoms with E-state index in [0.29, 0.717) is 16.6 Å². The van der Waals surface area contributed by atoms with E-state index in [4.69, 9.17) is 16.9 Å². The first-order chi connectivity index (χ1) is 7.70. The topological polar surface area (TPSA) is 39.9 Å². The molecule has 0 radical (unpaired) electrons. The summed E-state index contributed by atoms with van der Waals surface area (Å²) in [6, 6.07) is 3.96. The summed E-state index contributed by atoms with van der Waals surface area (Å²) in [6.45, 7) is 2.21. The van der Waals surface area contributed by atoms with Gasteiger partial charge in [0.05, 0.1) is 5.56 Å². The Bertz CT molecular complexity index is 417. The van der Waals surface area contributed by atoms with Crippen LogP contribution in [0, 0.1) is 11.3 Å². The van der Waals surface area contributed by atoms with Crippen molar-refractivity contribution in [3.8, 4) is 6.07 Å². The number of piperidine rings is 1. The van der Waals surface area contributed by atoms with Crippen LogP contribution in [0.5, 0.6) is 0 Å². The van der Waals surface area contributed by atoms with Gasteiger partial charge in [-0.05, 0) is 50.5 Å². The molecule has 0 amide bonds. The van der Waals surface area contributed by atoms with Crippen molar-refractivity contribution in [2.24, 2.45) is 0 Å². The second-order valence-electron chi connectivity index (χ2n) is 4.30. The summed E-state index contributed by atoms with van der Waals surface area (Å²) in [4.78, 5) is 6.40. The molecule has 0 saturated carbocycles. The van der Waals surface area contributed by atoms with Crippen molar-refractivity contribution < 1.29 is 0 Å². The average Bonchev–Trinajstić information content (AvgIpc) is 2.31. The summed E-state index contributed by atoms with van der Waals surface area (Å²) in [7, 11) is 2.14. The van der Waals surface area contributed by atoms with E-state index >= 15 is 0 Å². The van der Waals surface area contributed by atoms with Gasteiger partial charge in [-0.15, -0.1) is 0 Å². The molecule has 1 saturated heterocycles. The highest BCUT2D eigenvalue weighted by Crippen LogP contribution is 2.28. The highest BCUT2D eigenvalue weighted by atomic mass is 35.5. The van der Waals surface area contributed by atoms with Crippen molar-refractivity contribution in [1.29, 1.82) is 5.26 Å². The van der Waals surface area contributed by atoms with Crippen molar-refractivity contribution in [2.45, 2.75) is 18.8 Å². The minimum Gasteiger partial charge on any atom is -0.306 e. The Morgan fingerprint density at radius 2 is 2.19 bits per heavy atom. The number of nitrogens with zero attached hydrogens (tertiary/aromatic N) is 3. The quantitative estimate of drug-likeness (QED) is 0.702. The van der Waals surface area contributed by atoms with E-state index < -0.39 is 0 Å². The van der Waals surface area contributed by atoms with Gasteiger partial charge in [0.25, 0.3) is 0 Å². The number of hydrogen-bond donors (Lipinski definition) is 0. The lowest BCUT2D eigenvalue weighted by Crippen LogP contribution is -2.29. The lowest BCUT2D eigenvalue weighted by Gasteiger charge is -2.29. The molecule has 0 atom stereocenters. The molecular formula is C12H14ClN3. The molecule has 0 aliphatic carbocycles. The maximum Gasteiger partial charge on any atom is 0.146 e. The second-order valence-corrected chi connectivity index (χ2v) is 4.65. The molecular weight excluding hydrogens is 222 g/mol. The van der Waals surface area contributed by atoms with Gasteiger partial charge in [0.15, 0.2) is 0 Å². The van der Waals surface area contributed by atoms with Gasteiger partial charge in [-0.1, -0.05) is 11.6 Å². The third-order valence-corrected chi connectivity index (χ3v) is 3.47. The Morgan fingerprint density at radius 3 is 2.81 bits per heavy atom. The van der Waals surface area contributed by atoms with E-state index in [2.05, 4.69) is 23.0 Å². The summed E-state index contributed by atoms with van der Waals surface area (Å²) in [6.07, 6.45) is 4.06. The van der Waals surface area contributed by atoms with Crippen molar-refractivity contribution >= 4 is 11.6 Å². The fraction of sp³-hybridized carbons (Fsp3) is 0.500. The minimum atomic E-state index is 0.305. The summed E-state index contributed by atoms with van der Waals surface area (Å²) >= 11 is 5.82. The van der Waals surface area contributed by atoms with Gasteiger partial charge < -0.3 is 4.90 Å². The normalized spacial score (nSPS) is 18.3. The average molecular weight is 236 g/mol. The first-order valence-corrected chi connectivity index (χ1v) is 5.82. The van der Waals surface area contributed by atoms with E-state index in [1.807, 2.05) is 6.07 Å². The molecule has 0 spiro atoms. The molecule has 3 nitrogen and oxygen atoms in total. The summed E-state index contributed by atoms with van der Waals surface area (Å²) in [5.41, 5.74) is 1.63. The zero-order valence-electron chi connectivity index (χ0n) is 9.28. The first kappa shape index (κ1) is 11.4. The Labute approximate surface area is 101 Å². The molecule has 16 heavy (non-hydrogen) atoms. The summed E-state index contributed by atoms with van der Waals surface area (Å²) in [5.74, 6) is 0.521. The van der Waals surface area contributed by atoms with Crippen LogP contribution in [0.4, 0.5) is 0 Å². The van der Waals surface area contributed by atoms with Crippen LogP contribution in [0.3, 0.4) is 0 Å². The molecule has 4 heteroatoms. The van der Waals surface area contributed by atoms with Crippen molar-refractivity contribution in [2.75, 3.05) is 20.1 Å². The van der Waals surface area contributed by atoms with Gasteiger partial charge in [-0.2, -0.15) is 5.26 Å². The second kappa shape index (κ2) is 4.82. The summed E-state index contributed by atoms with van der Waals surface area (Å²) < 4.78 is 0. The number of rotatable bonds is 1. The van der Waals surface area contributed by atoms with Crippen molar-refractivity contribution in [1.82, 2.24) is 9.88 Å². The maximum absolute atomic E-state index is 8.90. The lowest BCUT2D eigenvalue weighted by molar-refractivity contribution is 0.255. The van der Waals surface area contributed by atoms with Gasteiger partial charge >= 0.3 is 0 Å². The molecule has 2 rings (SSSR count). The SMILES string of the molecule is CN1CCC(c2cnc(Cl)c(C#N)c2)CC1. The van der Waals surface area contributed by atoms with Crippen molar-refractivity contribution in [3.05, 3.63) is 28.5 Å². The van der Waals surface area contributed by atoms with E-state index in [1.165, 1.54) is 0 Å². The Morgan fingerprint density at radius 1 is 1.50 bits per heavy atom. The van der Waals surface area contributed by atoms with Crippen LogP contribution in [0.1, 0.15) is 29.9 Å². The van der Waals surface area contributed by atoms with Gasteiger partial charge in [-0.3, -0.25) is 0 Å². The molecule has 2 heterocycles. The molecule has 1 aliphatic heterocycles. The molecule has 0 aromatic carbocycles. The Kier molecular flexibility index (Phi) is 3.42. The van der Waals surface area contributed by atoms with Crippen LogP contribution in [-0.4, -0.2) is 30.0 Å². The highest BCUT2D eigenvalue weighted by molar-refractivity contribution is 6.30. The fourth-order valence-electron chi connectivity index (χ4n) is 2.11. The summed E-state index contributed by atoms with van der Waals surface area (Å²) in [5, 5.41) is 9.21. The number of halogens is 1. The van der Waals surface area contributed by atoms with E-state index in [-0.39, 0.29) is 0 Å². The van der Waals surface area contributed by atoms with Crippen molar-refractivity contribution in [3.63, 3.8) is 0 Å². The molecule has 1 fully saturated rings. The predicted octanol–water partition coefficient (Wildman–Crippen LogP) is 2.42.